The number of rotatable bonds is 3. The third-order valence-corrected chi connectivity index (χ3v) is 4.57. The Hall–Kier alpha value is -2.26. The predicted molar refractivity (Wildman–Crippen MR) is 92.0 cm³/mol. The molecule has 4 rings (SSSR count). The molecule has 2 aromatic carbocycles. The van der Waals surface area contributed by atoms with Crippen molar-refractivity contribution in [2.75, 3.05) is 7.05 Å². The average molecular weight is 326 g/mol. The van der Waals surface area contributed by atoms with Crippen LogP contribution >= 0.6 is 11.6 Å². The number of amides is 1. The van der Waals surface area contributed by atoms with E-state index < -0.39 is 0 Å². The summed E-state index contributed by atoms with van der Waals surface area (Å²) in [4.78, 5) is 12.4. The maximum absolute atomic E-state index is 12.4. The lowest BCUT2D eigenvalue weighted by molar-refractivity contribution is 0.0964. The second kappa shape index (κ2) is 5.43. The van der Waals surface area contributed by atoms with E-state index in [2.05, 4.69) is 17.4 Å². The van der Waals surface area contributed by atoms with Crippen LogP contribution in [0.15, 0.2) is 46.9 Å². The molecule has 0 aliphatic heterocycles. The first-order valence-electron chi connectivity index (χ1n) is 7.72. The molecule has 23 heavy (non-hydrogen) atoms. The minimum atomic E-state index is -0.137. The molecule has 4 heteroatoms. The van der Waals surface area contributed by atoms with Crippen LogP contribution in [0.25, 0.3) is 22.3 Å². The number of benzene rings is 2. The number of hydrogen-bond donors (Lipinski definition) is 1. The fourth-order valence-electron chi connectivity index (χ4n) is 2.94. The van der Waals surface area contributed by atoms with E-state index in [0.29, 0.717) is 22.3 Å². The van der Waals surface area contributed by atoms with E-state index in [1.165, 1.54) is 18.4 Å². The predicted octanol–water partition coefficient (Wildman–Crippen LogP) is 4.99. The number of hydrogen-bond acceptors (Lipinski definition) is 2. The van der Waals surface area contributed by atoms with Gasteiger partial charge in [0.2, 0.25) is 0 Å². The first kappa shape index (κ1) is 14.3. The van der Waals surface area contributed by atoms with Gasteiger partial charge in [-0.05, 0) is 60.7 Å². The molecule has 1 N–H and O–H groups in total. The Kier molecular flexibility index (Phi) is 3.38. The van der Waals surface area contributed by atoms with Crippen LogP contribution in [0.2, 0.25) is 5.02 Å². The fourth-order valence-corrected chi connectivity index (χ4v) is 3.07. The Morgan fingerprint density at radius 3 is 2.57 bits per heavy atom. The molecule has 1 aliphatic carbocycles. The molecule has 0 unspecified atom stereocenters. The maximum atomic E-state index is 12.4. The maximum Gasteiger partial charge on any atom is 0.255 e. The summed E-state index contributed by atoms with van der Waals surface area (Å²) in [6, 6.07) is 13.5. The van der Waals surface area contributed by atoms with Crippen LogP contribution in [0.5, 0.6) is 0 Å². The monoisotopic (exact) mass is 325 g/mol. The van der Waals surface area contributed by atoms with Gasteiger partial charge in [0.1, 0.15) is 11.3 Å². The molecule has 0 radical (unpaired) electrons. The summed E-state index contributed by atoms with van der Waals surface area (Å²) in [6.07, 6.45) is 2.45. The topological polar surface area (TPSA) is 42.2 Å². The molecule has 0 bridgehead atoms. The molecular weight excluding hydrogens is 310 g/mol. The quantitative estimate of drug-likeness (QED) is 0.737. The van der Waals surface area contributed by atoms with E-state index in [1.54, 1.807) is 19.2 Å². The largest absolute Gasteiger partial charge is 0.455 e. The standard InChI is InChI=1S/C19H16ClNO2/c1-21-19(22)17-15-10-13(11-2-3-11)6-9-16(15)23-18(17)12-4-7-14(20)8-5-12/h4-11H,2-3H2,1H3,(H,21,22). The van der Waals surface area contributed by atoms with Crippen LogP contribution in [-0.4, -0.2) is 13.0 Å². The van der Waals surface area contributed by atoms with E-state index in [9.17, 15) is 4.79 Å². The Morgan fingerprint density at radius 2 is 1.91 bits per heavy atom. The zero-order chi connectivity index (χ0) is 16.0. The molecule has 1 fully saturated rings. The second-order valence-electron chi connectivity index (χ2n) is 5.92. The molecule has 116 valence electrons. The van der Waals surface area contributed by atoms with Gasteiger partial charge in [0.05, 0.1) is 5.56 Å². The fraction of sp³-hybridized carbons (Fsp3) is 0.211. The molecule has 1 saturated carbocycles. The highest BCUT2D eigenvalue weighted by Gasteiger charge is 2.26. The summed E-state index contributed by atoms with van der Waals surface area (Å²) in [6.45, 7) is 0. The molecule has 0 spiro atoms. The summed E-state index contributed by atoms with van der Waals surface area (Å²) >= 11 is 5.96. The van der Waals surface area contributed by atoms with Crippen molar-refractivity contribution in [3.05, 3.63) is 58.6 Å². The van der Waals surface area contributed by atoms with E-state index in [1.807, 2.05) is 18.2 Å². The zero-order valence-corrected chi connectivity index (χ0v) is 13.5. The minimum Gasteiger partial charge on any atom is -0.455 e. The van der Waals surface area contributed by atoms with Crippen LogP contribution in [0, 0.1) is 0 Å². The van der Waals surface area contributed by atoms with E-state index >= 15 is 0 Å². The molecular formula is C19H16ClNO2. The highest BCUT2D eigenvalue weighted by atomic mass is 35.5. The highest BCUT2D eigenvalue weighted by Crippen LogP contribution is 2.42. The van der Waals surface area contributed by atoms with Crippen LogP contribution in [0.4, 0.5) is 0 Å². The van der Waals surface area contributed by atoms with Crippen LogP contribution in [-0.2, 0) is 0 Å². The molecule has 0 saturated heterocycles. The SMILES string of the molecule is CNC(=O)c1c(-c2ccc(Cl)cc2)oc2ccc(C3CC3)cc12. The number of carbonyl (C=O) groups excluding carboxylic acids is 1. The average Bonchev–Trinajstić information content (AvgIpc) is 3.35. The van der Waals surface area contributed by atoms with Gasteiger partial charge in [0, 0.05) is 23.0 Å². The van der Waals surface area contributed by atoms with E-state index in [-0.39, 0.29) is 5.91 Å². The molecule has 3 nitrogen and oxygen atoms in total. The lowest BCUT2D eigenvalue weighted by Gasteiger charge is -2.03. The summed E-state index contributed by atoms with van der Waals surface area (Å²) < 4.78 is 6.00. The molecule has 1 heterocycles. The van der Waals surface area contributed by atoms with Gasteiger partial charge in [-0.3, -0.25) is 4.79 Å². The second-order valence-corrected chi connectivity index (χ2v) is 6.36. The van der Waals surface area contributed by atoms with Crippen molar-refractivity contribution < 1.29 is 9.21 Å². The van der Waals surface area contributed by atoms with Gasteiger partial charge >= 0.3 is 0 Å². The molecule has 3 aromatic rings. The van der Waals surface area contributed by atoms with E-state index in [0.717, 1.165) is 16.5 Å². The summed E-state index contributed by atoms with van der Waals surface area (Å²) in [5.74, 6) is 1.08. The van der Waals surface area contributed by atoms with Crippen molar-refractivity contribution in [3.8, 4) is 11.3 Å². The highest BCUT2D eigenvalue weighted by molar-refractivity contribution is 6.30. The van der Waals surface area contributed by atoms with Gasteiger partial charge in [0.15, 0.2) is 0 Å². The Morgan fingerprint density at radius 1 is 1.17 bits per heavy atom. The van der Waals surface area contributed by atoms with Gasteiger partial charge in [-0.15, -0.1) is 0 Å². The van der Waals surface area contributed by atoms with Crippen LogP contribution < -0.4 is 5.32 Å². The summed E-state index contributed by atoms with van der Waals surface area (Å²) in [5, 5.41) is 4.25. The zero-order valence-electron chi connectivity index (χ0n) is 12.7. The first-order valence-corrected chi connectivity index (χ1v) is 8.09. The third-order valence-electron chi connectivity index (χ3n) is 4.32. The van der Waals surface area contributed by atoms with Crippen molar-refractivity contribution in [1.29, 1.82) is 0 Å². The third kappa shape index (κ3) is 2.51. The number of nitrogens with one attached hydrogen (secondary N) is 1. The lowest BCUT2D eigenvalue weighted by atomic mass is 10.0. The van der Waals surface area contributed by atoms with Crippen LogP contribution in [0.1, 0.15) is 34.7 Å². The lowest BCUT2D eigenvalue weighted by Crippen LogP contribution is -2.18. The number of furan rings is 1. The van der Waals surface area contributed by atoms with Gasteiger partial charge < -0.3 is 9.73 Å². The van der Waals surface area contributed by atoms with Gasteiger partial charge in [-0.2, -0.15) is 0 Å². The van der Waals surface area contributed by atoms with Crippen molar-refractivity contribution in [2.45, 2.75) is 18.8 Å². The smallest absolute Gasteiger partial charge is 0.255 e. The number of fused-ring (bicyclic) bond motifs is 1. The van der Waals surface area contributed by atoms with Crippen molar-refractivity contribution >= 4 is 28.5 Å². The molecule has 1 amide bonds. The molecule has 1 aliphatic rings. The molecule has 1 aromatic heterocycles. The normalized spacial score (nSPS) is 14.2. The number of carbonyl (C=O) groups is 1. The molecule has 0 atom stereocenters. The Labute approximate surface area is 139 Å². The van der Waals surface area contributed by atoms with Gasteiger partial charge in [0.25, 0.3) is 5.91 Å². The first-order chi connectivity index (χ1) is 11.2. The number of halogens is 1. The minimum absolute atomic E-state index is 0.137. The van der Waals surface area contributed by atoms with E-state index in [4.69, 9.17) is 16.0 Å². The summed E-state index contributed by atoms with van der Waals surface area (Å²) in [7, 11) is 1.64. The van der Waals surface area contributed by atoms with Gasteiger partial charge in [-0.1, -0.05) is 17.7 Å². The summed E-state index contributed by atoms with van der Waals surface area (Å²) in [5.41, 5.74) is 3.45. The Bertz CT molecular complexity index is 892. The van der Waals surface area contributed by atoms with Crippen LogP contribution in [0.3, 0.4) is 0 Å². The van der Waals surface area contributed by atoms with Crippen molar-refractivity contribution in [3.63, 3.8) is 0 Å². The van der Waals surface area contributed by atoms with Crippen molar-refractivity contribution in [1.82, 2.24) is 5.32 Å². The van der Waals surface area contributed by atoms with Gasteiger partial charge in [-0.25, -0.2) is 0 Å². The Balaban J connectivity index is 1.95. The van der Waals surface area contributed by atoms with Crippen molar-refractivity contribution in [2.24, 2.45) is 0 Å².